The maximum Gasteiger partial charge on any atom is 0.0863 e. The van der Waals surface area contributed by atoms with Crippen molar-refractivity contribution in [1.29, 1.82) is 0 Å². The molecule has 0 spiro atoms. The van der Waals surface area contributed by atoms with Crippen LogP contribution in [0.15, 0.2) is 0 Å². The van der Waals surface area contributed by atoms with Crippen molar-refractivity contribution in [3.05, 3.63) is 0 Å². The van der Waals surface area contributed by atoms with E-state index in [-0.39, 0.29) is 98.9 Å². The zero-order valence-corrected chi connectivity index (χ0v) is 31.2. The fourth-order valence-electron chi connectivity index (χ4n) is 3.66. The lowest BCUT2D eigenvalue weighted by Crippen LogP contribution is -2.44. The van der Waals surface area contributed by atoms with E-state index in [9.17, 15) is 40.9 Å². The van der Waals surface area contributed by atoms with Crippen molar-refractivity contribution in [2.75, 3.05) is 125 Å². The average molecular weight is 793 g/mol. The molecule has 49 heavy (non-hydrogen) atoms. The third-order valence-electron chi connectivity index (χ3n) is 6.20. The van der Waals surface area contributed by atoms with Crippen LogP contribution in [0.25, 0.3) is 0 Å². The van der Waals surface area contributed by atoms with E-state index >= 15 is 0 Å². The SMILES string of the molecule is OCC(O)CSCC(O)COCC(COCC(O)CSCC(O)CO)(COCC(O)CSCC(O)CO)COCC(O)CSCC(O)CO. The summed E-state index contributed by atoms with van der Waals surface area (Å²) in [5, 5.41) is 116. The lowest BCUT2D eigenvalue weighted by Gasteiger charge is -2.34. The molecule has 0 radical (unpaired) electrons. The lowest BCUT2D eigenvalue weighted by molar-refractivity contribution is -0.128. The Kier molecular flexibility index (Phi) is 32.7. The van der Waals surface area contributed by atoms with Gasteiger partial charge in [0.2, 0.25) is 0 Å². The third-order valence-corrected chi connectivity index (χ3v) is 11.2. The molecule has 0 heterocycles. The maximum atomic E-state index is 10.4. The number of thioether (sulfide) groups is 4. The van der Waals surface area contributed by atoms with Gasteiger partial charge in [0.25, 0.3) is 0 Å². The summed E-state index contributed by atoms with van der Waals surface area (Å²) in [5.41, 5.74) is -1.06. The molecule has 0 saturated heterocycles. The Hall–Kier alpha value is 0.760. The van der Waals surface area contributed by atoms with Crippen LogP contribution < -0.4 is 0 Å². The number of aliphatic hydroxyl groups is 12. The summed E-state index contributed by atoms with van der Waals surface area (Å²) in [4.78, 5) is 0. The van der Waals surface area contributed by atoms with Crippen molar-refractivity contribution in [3.63, 3.8) is 0 Å². The lowest BCUT2D eigenvalue weighted by atomic mass is 9.92. The van der Waals surface area contributed by atoms with Gasteiger partial charge in [-0.25, -0.2) is 0 Å². The van der Waals surface area contributed by atoms with Crippen molar-refractivity contribution in [1.82, 2.24) is 0 Å². The zero-order chi connectivity index (χ0) is 36.9. The van der Waals surface area contributed by atoms with Crippen LogP contribution >= 0.6 is 47.0 Å². The maximum absolute atomic E-state index is 10.4. The number of hydrogen-bond donors (Lipinski definition) is 12. The van der Waals surface area contributed by atoms with Gasteiger partial charge in [0.05, 0.1) is 134 Å². The molecule has 0 aromatic rings. The first kappa shape index (κ1) is 49.8. The minimum Gasteiger partial charge on any atom is -0.394 e. The summed E-state index contributed by atoms with van der Waals surface area (Å²) in [5.74, 6) is 1.82. The van der Waals surface area contributed by atoms with Gasteiger partial charge in [0, 0.05) is 46.0 Å². The predicted molar refractivity (Wildman–Crippen MR) is 191 cm³/mol. The summed E-state index contributed by atoms with van der Waals surface area (Å²) in [6.07, 6.45) is -7.28. The fourth-order valence-corrected chi connectivity index (χ4v) is 7.19. The van der Waals surface area contributed by atoms with Crippen molar-refractivity contribution in [2.45, 2.75) is 48.8 Å². The van der Waals surface area contributed by atoms with E-state index in [2.05, 4.69) is 0 Å². The van der Waals surface area contributed by atoms with E-state index in [1.165, 1.54) is 47.0 Å². The van der Waals surface area contributed by atoms with E-state index in [4.69, 9.17) is 39.4 Å². The largest absolute Gasteiger partial charge is 0.394 e. The molecule has 0 aliphatic carbocycles. The number of rotatable bonds is 36. The second-order valence-corrected chi connectivity index (χ2v) is 16.0. The highest BCUT2D eigenvalue weighted by molar-refractivity contribution is 8.00. The van der Waals surface area contributed by atoms with Crippen molar-refractivity contribution >= 4 is 47.0 Å². The second kappa shape index (κ2) is 32.2. The Morgan fingerprint density at radius 1 is 0.327 bits per heavy atom. The van der Waals surface area contributed by atoms with Gasteiger partial charge in [-0.05, 0) is 0 Å². The zero-order valence-electron chi connectivity index (χ0n) is 27.9. The molecular weight excluding hydrogens is 733 g/mol. The molecule has 12 N–H and O–H groups in total. The van der Waals surface area contributed by atoms with Crippen molar-refractivity contribution in [2.24, 2.45) is 5.41 Å². The van der Waals surface area contributed by atoms with Crippen LogP contribution in [0, 0.1) is 5.41 Å². The Morgan fingerprint density at radius 3 is 0.694 bits per heavy atom. The quantitative estimate of drug-likeness (QED) is 0.0287. The highest BCUT2D eigenvalue weighted by Crippen LogP contribution is 2.23. The van der Waals surface area contributed by atoms with Gasteiger partial charge in [0.15, 0.2) is 0 Å². The minimum absolute atomic E-state index is 0.0669. The monoisotopic (exact) mass is 792 g/mol. The highest BCUT2D eigenvalue weighted by Gasteiger charge is 2.34. The molecule has 0 saturated carbocycles. The van der Waals surface area contributed by atoms with E-state index in [1.54, 1.807) is 0 Å². The van der Waals surface area contributed by atoms with E-state index in [0.717, 1.165) is 0 Å². The Bertz CT molecular complexity index is 622. The van der Waals surface area contributed by atoms with Crippen LogP contribution in [0.4, 0.5) is 0 Å². The molecule has 8 unspecified atom stereocenters. The molecule has 8 atom stereocenters. The average Bonchev–Trinajstić information content (AvgIpc) is 3.07. The number of hydrogen-bond acceptors (Lipinski definition) is 20. The smallest absolute Gasteiger partial charge is 0.0863 e. The van der Waals surface area contributed by atoms with Gasteiger partial charge in [0.1, 0.15) is 0 Å². The Labute approximate surface area is 305 Å². The first-order valence-electron chi connectivity index (χ1n) is 15.9. The van der Waals surface area contributed by atoms with E-state index in [1.807, 2.05) is 0 Å². The fraction of sp³-hybridized carbons (Fsp3) is 1.00. The molecule has 0 aliphatic heterocycles. The van der Waals surface area contributed by atoms with Gasteiger partial charge in [-0.3, -0.25) is 0 Å². The Morgan fingerprint density at radius 2 is 0.510 bits per heavy atom. The van der Waals surface area contributed by atoms with Crippen molar-refractivity contribution < 1.29 is 80.2 Å². The molecule has 0 bridgehead atoms. The Balaban J connectivity index is 5.50. The standard InChI is InChI=1S/C29H60O16S4/c30-1-21(34)9-46-13-25(38)5-42-17-29(18-43-6-26(39)14-47-10-22(35)2-31,19-44-7-27(40)15-48-11-23(36)3-32)20-45-8-28(41)16-49-12-24(37)4-33/h21-28,30-41H,1-20H2. The summed E-state index contributed by atoms with van der Waals surface area (Å²) in [7, 11) is 0. The summed E-state index contributed by atoms with van der Waals surface area (Å²) in [6, 6.07) is 0. The van der Waals surface area contributed by atoms with E-state index < -0.39 is 80.7 Å². The van der Waals surface area contributed by atoms with Crippen LogP contribution in [0.5, 0.6) is 0 Å². The molecule has 16 nitrogen and oxygen atoms in total. The van der Waals surface area contributed by atoms with Gasteiger partial charge in [-0.15, -0.1) is 0 Å². The van der Waals surface area contributed by atoms with Crippen LogP contribution in [-0.2, 0) is 18.9 Å². The molecule has 0 aromatic heterocycles. The topological polar surface area (TPSA) is 280 Å². The third kappa shape index (κ3) is 28.9. The first-order chi connectivity index (χ1) is 23.4. The van der Waals surface area contributed by atoms with Gasteiger partial charge >= 0.3 is 0 Å². The highest BCUT2D eigenvalue weighted by atomic mass is 32.2. The predicted octanol–water partition coefficient (Wildman–Crippen LogP) is -4.17. The summed E-state index contributed by atoms with van der Waals surface area (Å²) >= 11 is 4.96. The van der Waals surface area contributed by atoms with Crippen LogP contribution in [0.1, 0.15) is 0 Å². The molecule has 296 valence electrons. The van der Waals surface area contributed by atoms with E-state index in [0.29, 0.717) is 0 Å². The second-order valence-electron chi connectivity index (χ2n) is 11.7. The first-order valence-corrected chi connectivity index (χ1v) is 20.5. The molecule has 0 aromatic carbocycles. The molecule has 0 fully saturated rings. The van der Waals surface area contributed by atoms with Crippen molar-refractivity contribution in [3.8, 4) is 0 Å². The number of aliphatic hydroxyl groups excluding tert-OH is 12. The normalized spacial score (nSPS) is 18.4. The number of ether oxygens (including phenoxy) is 4. The summed E-state index contributed by atoms with van der Waals surface area (Å²) < 4.78 is 23.4. The molecule has 0 aliphatic rings. The van der Waals surface area contributed by atoms with Gasteiger partial charge in [-0.2, -0.15) is 47.0 Å². The molecule has 0 amide bonds. The van der Waals surface area contributed by atoms with Gasteiger partial charge < -0.3 is 80.2 Å². The van der Waals surface area contributed by atoms with Gasteiger partial charge in [-0.1, -0.05) is 0 Å². The van der Waals surface area contributed by atoms with Crippen LogP contribution in [0.3, 0.4) is 0 Å². The van der Waals surface area contributed by atoms with Crippen LogP contribution in [-0.4, -0.2) is 235 Å². The molecule has 20 heteroatoms. The summed E-state index contributed by atoms with van der Waals surface area (Å²) in [6.45, 7) is -2.25. The molecular formula is C29H60O16S4. The minimum atomic E-state index is -1.06. The van der Waals surface area contributed by atoms with Crippen LogP contribution in [0.2, 0.25) is 0 Å². The molecule has 0 rings (SSSR count).